The first-order valence-corrected chi connectivity index (χ1v) is 6.83. The molecule has 5 heteroatoms. The lowest BCUT2D eigenvalue weighted by Gasteiger charge is -2.05. The summed E-state index contributed by atoms with van der Waals surface area (Å²) in [7, 11) is 1.53. The van der Waals surface area contributed by atoms with Crippen molar-refractivity contribution in [2.45, 2.75) is 0 Å². The summed E-state index contributed by atoms with van der Waals surface area (Å²) >= 11 is 0. The van der Waals surface area contributed by atoms with E-state index in [1.807, 2.05) is 6.07 Å². The van der Waals surface area contributed by atoms with Crippen LogP contribution >= 0.6 is 0 Å². The van der Waals surface area contributed by atoms with Gasteiger partial charge >= 0.3 is 5.97 Å². The largest absolute Gasteiger partial charge is 0.460 e. The highest BCUT2D eigenvalue weighted by molar-refractivity contribution is 5.97. The minimum Gasteiger partial charge on any atom is -0.460 e. The van der Waals surface area contributed by atoms with Crippen molar-refractivity contribution in [3.05, 3.63) is 66.0 Å². The van der Waals surface area contributed by atoms with Crippen LogP contribution in [0.5, 0.6) is 0 Å². The lowest BCUT2D eigenvalue weighted by molar-refractivity contribution is -0.138. The zero-order chi connectivity index (χ0) is 15.8. The van der Waals surface area contributed by atoms with Gasteiger partial charge in [0.1, 0.15) is 6.61 Å². The Hall–Kier alpha value is -2.66. The van der Waals surface area contributed by atoms with Gasteiger partial charge in [0.25, 0.3) is 5.91 Å². The minimum atomic E-state index is -0.475. The number of hydrogen-bond donors (Lipinski definition) is 0. The molecule has 0 saturated heterocycles. The highest BCUT2D eigenvalue weighted by Gasteiger charge is 2.10. The zero-order valence-corrected chi connectivity index (χ0v) is 12.3. The monoisotopic (exact) mass is 299 g/mol. The third-order valence-corrected chi connectivity index (χ3v) is 2.94. The molecule has 0 unspecified atom stereocenters. The fraction of sp³-hybridized carbons (Fsp3) is 0.176. The zero-order valence-electron chi connectivity index (χ0n) is 12.3. The number of carbonyl (C=O) groups is 2. The van der Waals surface area contributed by atoms with E-state index in [9.17, 15) is 9.59 Å². The van der Waals surface area contributed by atoms with Crippen LogP contribution in [0, 0.1) is 0 Å². The van der Waals surface area contributed by atoms with Crippen LogP contribution in [-0.2, 0) is 14.3 Å². The molecule has 0 aliphatic carbocycles. The number of carbonyl (C=O) groups excluding carboxylic acids is 2. The number of methoxy groups -OCH3 is 1. The fourth-order valence-electron chi connectivity index (χ4n) is 1.86. The summed E-state index contributed by atoms with van der Waals surface area (Å²) in [5.41, 5.74) is 1.19. The van der Waals surface area contributed by atoms with Crippen LogP contribution in [0.2, 0.25) is 0 Å². The first kappa shape index (κ1) is 15.7. The van der Waals surface area contributed by atoms with Crippen molar-refractivity contribution in [2.24, 2.45) is 0 Å². The van der Waals surface area contributed by atoms with Crippen LogP contribution < -0.4 is 0 Å². The predicted octanol–water partition coefficient (Wildman–Crippen LogP) is 2.38. The van der Waals surface area contributed by atoms with Crippen LogP contribution in [0.1, 0.15) is 16.1 Å². The van der Waals surface area contributed by atoms with E-state index in [4.69, 9.17) is 9.47 Å². The molecule has 0 bridgehead atoms. The first-order valence-electron chi connectivity index (χ1n) is 6.83. The molecule has 2 aromatic rings. The lowest BCUT2D eigenvalue weighted by Crippen LogP contribution is -2.12. The Bertz CT molecular complexity index is 658. The summed E-state index contributed by atoms with van der Waals surface area (Å²) < 4.78 is 11.2. The van der Waals surface area contributed by atoms with E-state index in [1.165, 1.54) is 17.8 Å². The number of aromatic nitrogens is 1. The predicted molar refractivity (Wildman–Crippen MR) is 82.5 cm³/mol. The Kier molecular flexibility index (Phi) is 5.68. The molecule has 0 N–H and O–H groups in total. The summed E-state index contributed by atoms with van der Waals surface area (Å²) in [4.78, 5) is 23.9. The average Bonchev–Trinajstić information content (AvgIpc) is 3.02. The second kappa shape index (κ2) is 7.95. The van der Waals surface area contributed by atoms with E-state index in [0.29, 0.717) is 17.9 Å². The molecule has 0 aliphatic heterocycles. The van der Waals surface area contributed by atoms with Crippen LogP contribution in [-0.4, -0.2) is 36.8 Å². The van der Waals surface area contributed by atoms with Crippen LogP contribution in [0.15, 0.2) is 54.7 Å². The van der Waals surface area contributed by atoms with Crippen molar-refractivity contribution in [3.8, 4) is 0 Å². The molecule has 0 atom stereocenters. The van der Waals surface area contributed by atoms with Gasteiger partial charge < -0.3 is 9.47 Å². The molecular weight excluding hydrogens is 282 g/mol. The van der Waals surface area contributed by atoms with Gasteiger partial charge in [0.15, 0.2) is 0 Å². The van der Waals surface area contributed by atoms with Gasteiger partial charge in [-0.3, -0.25) is 9.36 Å². The molecule has 0 fully saturated rings. The topological polar surface area (TPSA) is 57.5 Å². The van der Waals surface area contributed by atoms with Crippen LogP contribution in [0.4, 0.5) is 0 Å². The molecule has 2 rings (SSSR count). The summed E-state index contributed by atoms with van der Waals surface area (Å²) in [5, 5.41) is 0. The Morgan fingerprint density at radius 1 is 1.09 bits per heavy atom. The Balaban J connectivity index is 2.07. The molecular formula is C17H17NO4. The number of benzene rings is 1. The molecule has 114 valence electrons. The van der Waals surface area contributed by atoms with Gasteiger partial charge in [0, 0.05) is 30.6 Å². The summed E-state index contributed by atoms with van der Waals surface area (Å²) in [5.74, 6) is -0.630. The quantitative estimate of drug-likeness (QED) is 0.467. The van der Waals surface area contributed by atoms with E-state index < -0.39 is 5.97 Å². The Morgan fingerprint density at radius 2 is 1.86 bits per heavy atom. The van der Waals surface area contributed by atoms with E-state index >= 15 is 0 Å². The number of hydrogen-bond acceptors (Lipinski definition) is 4. The second-order valence-electron chi connectivity index (χ2n) is 4.47. The lowest BCUT2D eigenvalue weighted by atomic mass is 10.2. The van der Waals surface area contributed by atoms with Crippen molar-refractivity contribution < 1.29 is 19.1 Å². The number of nitrogens with zero attached hydrogens (tertiary/aromatic N) is 1. The summed E-state index contributed by atoms with van der Waals surface area (Å²) in [6.07, 6.45) is 4.50. The Morgan fingerprint density at radius 3 is 2.59 bits per heavy atom. The van der Waals surface area contributed by atoms with Crippen molar-refractivity contribution in [2.75, 3.05) is 20.3 Å². The van der Waals surface area contributed by atoms with Gasteiger partial charge in [-0.05, 0) is 30.3 Å². The van der Waals surface area contributed by atoms with E-state index in [2.05, 4.69) is 0 Å². The van der Waals surface area contributed by atoms with Gasteiger partial charge in [-0.2, -0.15) is 0 Å². The van der Waals surface area contributed by atoms with Crippen LogP contribution in [0.25, 0.3) is 6.08 Å². The van der Waals surface area contributed by atoms with Gasteiger partial charge in [-0.1, -0.05) is 18.2 Å². The molecule has 0 saturated carbocycles. The second-order valence-corrected chi connectivity index (χ2v) is 4.47. The highest BCUT2D eigenvalue weighted by Crippen LogP contribution is 2.09. The normalized spacial score (nSPS) is 10.8. The molecule has 1 heterocycles. The van der Waals surface area contributed by atoms with Crippen molar-refractivity contribution in [1.29, 1.82) is 0 Å². The van der Waals surface area contributed by atoms with Crippen molar-refractivity contribution in [1.82, 2.24) is 4.57 Å². The maximum atomic E-state index is 12.4. The minimum absolute atomic E-state index is 0.155. The molecule has 22 heavy (non-hydrogen) atoms. The fourth-order valence-corrected chi connectivity index (χ4v) is 1.86. The van der Waals surface area contributed by atoms with E-state index in [0.717, 1.165) is 0 Å². The smallest absolute Gasteiger partial charge is 0.330 e. The Labute approximate surface area is 128 Å². The van der Waals surface area contributed by atoms with Crippen molar-refractivity contribution >= 4 is 18.0 Å². The molecule has 1 aromatic carbocycles. The highest BCUT2D eigenvalue weighted by atomic mass is 16.6. The maximum absolute atomic E-state index is 12.4. The SMILES string of the molecule is COCCOC(=O)/C=C/c1cccn1C(=O)c1ccccc1. The van der Waals surface area contributed by atoms with Gasteiger partial charge in [0.05, 0.1) is 6.61 Å². The number of ether oxygens (including phenoxy) is 2. The third kappa shape index (κ3) is 4.17. The molecule has 0 spiro atoms. The summed E-state index contributed by atoms with van der Waals surface area (Å²) in [6.45, 7) is 0.548. The molecule has 0 radical (unpaired) electrons. The molecule has 0 aliphatic rings. The number of esters is 1. The molecule has 1 aromatic heterocycles. The first-order chi connectivity index (χ1) is 10.7. The molecule has 5 nitrogen and oxygen atoms in total. The van der Waals surface area contributed by atoms with Gasteiger partial charge in [0.2, 0.25) is 0 Å². The third-order valence-electron chi connectivity index (χ3n) is 2.94. The van der Waals surface area contributed by atoms with E-state index in [1.54, 1.807) is 48.7 Å². The maximum Gasteiger partial charge on any atom is 0.330 e. The van der Waals surface area contributed by atoms with Crippen LogP contribution in [0.3, 0.4) is 0 Å². The summed E-state index contributed by atoms with van der Waals surface area (Å²) in [6, 6.07) is 12.4. The van der Waals surface area contributed by atoms with Gasteiger partial charge in [-0.15, -0.1) is 0 Å². The average molecular weight is 299 g/mol. The molecule has 0 amide bonds. The van der Waals surface area contributed by atoms with E-state index in [-0.39, 0.29) is 12.5 Å². The number of rotatable bonds is 6. The van der Waals surface area contributed by atoms with Crippen molar-refractivity contribution in [3.63, 3.8) is 0 Å². The van der Waals surface area contributed by atoms with Gasteiger partial charge in [-0.25, -0.2) is 4.79 Å². The standard InChI is InChI=1S/C17H17NO4/c1-21-12-13-22-16(19)10-9-15-8-5-11-18(15)17(20)14-6-3-2-4-7-14/h2-11H,12-13H2,1H3/b10-9+.